The van der Waals surface area contributed by atoms with Crippen LogP contribution in [-0.4, -0.2) is 6.36 Å². The first kappa shape index (κ1) is 11.9. The zero-order valence-corrected chi connectivity index (χ0v) is 10.0. The second kappa shape index (κ2) is 4.78. The van der Waals surface area contributed by atoms with E-state index in [1.165, 1.54) is 24.3 Å². The monoisotopic (exact) mass is 399 g/mol. The van der Waals surface area contributed by atoms with E-state index in [1.807, 2.05) is 0 Å². The van der Waals surface area contributed by atoms with Crippen LogP contribution in [0.4, 0.5) is 13.2 Å². The van der Waals surface area contributed by atoms with Crippen LogP contribution in [-0.2, 0) is 0 Å². The molecule has 0 aliphatic carbocycles. The number of hydrogen-bond acceptors (Lipinski definition) is 1. The maximum atomic E-state index is 11.5. The molecule has 0 aliphatic heterocycles. The van der Waals surface area contributed by atoms with Gasteiger partial charge in [0.15, 0.2) is 0 Å². The molecule has 0 N–H and O–H groups in total. The first-order valence-electron chi connectivity index (χ1n) is 2.80. The minimum absolute atomic E-state index is 0. The van der Waals surface area contributed by atoms with E-state index < -0.39 is 6.36 Å². The third-order valence-corrected chi connectivity index (χ3v) is 0.921. The Labute approximate surface area is 91.3 Å². The number of halogens is 3. The molecule has 0 unspecified atom stereocenters. The summed E-state index contributed by atoms with van der Waals surface area (Å²) in [6.07, 6.45) is -4.61. The van der Waals surface area contributed by atoms with Gasteiger partial charge in [-0.1, -0.05) is 0 Å². The van der Waals surface area contributed by atoms with Gasteiger partial charge in [0.2, 0.25) is 0 Å². The fraction of sp³-hybridized carbons (Fsp3) is 0.143. The fourth-order valence-electron chi connectivity index (χ4n) is 0.573. The van der Waals surface area contributed by atoms with Gasteiger partial charge in [0.25, 0.3) is 0 Å². The van der Waals surface area contributed by atoms with E-state index in [-0.39, 0.29) is 36.9 Å². The van der Waals surface area contributed by atoms with Crippen LogP contribution in [0.3, 0.4) is 0 Å². The molecule has 5 heteroatoms. The van der Waals surface area contributed by atoms with E-state index in [2.05, 4.69) is 10.8 Å². The molecule has 0 saturated carbocycles. The van der Waals surface area contributed by atoms with Crippen LogP contribution < -0.4 is 4.74 Å². The van der Waals surface area contributed by atoms with Crippen LogP contribution in [0, 0.1) is 37.2 Å². The largest absolute Gasteiger partial charge is 0.571 e. The van der Waals surface area contributed by atoms with Gasteiger partial charge in [0, 0.05) is 36.9 Å². The van der Waals surface area contributed by atoms with E-state index in [0.717, 1.165) is 0 Å². The summed E-state index contributed by atoms with van der Waals surface area (Å²) in [4.78, 5) is 0. The van der Waals surface area contributed by atoms with Crippen molar-refractivity contribution in [3.05, 3.63) is 30.3 Å². The van der Waals surface area contributed by atoms with E-state index in [4.69, 9.17) is 0 Å². The summed E-state index contributed by atoms with van der Waals surface area (Å²) >= 11 is 0. The Morgan fingerprint density at radius 3 is 2.08 bits per heavy atom. The minimum atomic E-state index is -4.61. The fourth-order valence-corrected chi connectivity index (χ4v) is 0.573. The minimum Gasteiger partial charge on any atom is -0.432 e. The molecule has 1 aromatic rings. The molecule has 1 nitrogen and oxygen atoms in total. The number of ether oxygens (including phenoxy) is 1. The number of hydrogen-bond donors (Lipinski definition) is 0. The van der Waals surface area contributed by atoms with Crippen molar-refractivity contribution in [2.45, 2.75) is 6.36 Å². The van der Waals surface area contributed by atoms with Crippen molar-refractivity contribution in [3.63, 3.8) is 0 Å². The van der Waals surface area contributed by atoms with Crippen LogP contribution in [0.15, 0.2) is 24.3 Å². The second-order valence-corrected chi connectivity index (χ2v) is 1.78. The zero-order valence-electron chi connectivity index (χ0n) is 5.85. The van der Waals surface area contributed by atoms with Crippen LogP contribution in [0.2, 0.25) is 0 Å². The normalized spacial score (nSPS) is 10.2. The Morgan fingerprint density at radius 2 is 1.67 bits per heavy atom. The summed E-state index contributed by atoms with van der Waals surface area (Å²) in [5, 5.41) is 0. The molecule has 1 aromatic carbocycles. The van der Waals surface area contributed by atoms with E-state index in [9.17, 15) is 13.2 Å². The molecular formula is C7H4F3OU-. The maximum Gasteiger partial charge on any atom is 0.571 e. The van der Waals surface area contributed by atoms with Gasteiger partial charge in [-0.2, -0.15) is 18.2 Å². The van der Waals surface area contributed by atoms with Crippen molar-refractivity contribution in [1.29, 1.82) is 0 Å². The Bertz CT molecular complexity index is 222. The molecule has 0 atom stereocenters. The molecule has 0 bridgehead atoms. The standard InChI is InChI=1S/C7H4F3O.U/c8-7(9,10)11-6-4-2-1-3-5-6;/h2-5H;/q-1;. The average Bonchev–Trinajstić information content (AvgIpc) is 1.85. The van der Waals surface area contributed by atoms with Crippen molar-refractivity contribution in [3.8, 4) is 5.75 Å². The average molecular weight is 399 g/mol. The third-order valence-electron chi connectivity index (χ3n) is 0.921. The Kier molecular flexibility index (Phi) is 4.73. The topological polar surface area (TPSA) is 9.23 Å². The molecule has 64 valence electrons. The molecule has 12 heavy (non-hydrogen) atoms. The van der Waals surface area contributed by atoms with Crippen LogP contribution in [0.5, 0.6) is 5.75 Å². The summed E-state index contributed by atoms with van der Waals surface area (Å²) in [5.41, 5.74) is 0. The Balaban J connectivity index is 0.00000121. The molecule has 0 radical (unpaired) electrons. The molecular weight excluding hydrogens is 395 g/mol. The van der Waals surface area contributed by atoms with Gasteiger partial charge >= 0.3 is 6.36 Å². The molecule has 0 heterocycles. The van der Waals surface area contributed by atoms with Gasteiger partial charge in [0.1, 0.15) is 0 Å². The first-order chi connectivity index (χ1) is 5.08. The van der Waals surface area contributed by atoms with Crippen LogP contribution in [0.25, 0.3) is 0 Å². The van der Waals surface area contributed by atoms with Crippen molar-refractivity contribution in [2.24, 2.45) is 0 Å². The van der Waals surface area contributed by atoms with Gasteiger partial charge in [0.05, 0.1) is 0 Å². The van der Waals surface area contributed by atoms with Crippen molar-refractivity contribution < 1.29 is 49.0 Å². The predicted molar refractivity (Wildman–Crippen MR) is 32.0 cm³/mol. The summed E-state index contributed by atoms with van der Waals surface area (Å²) in [7, 11) is 0. The van der Waals surface area contributed by atoms with E-state index >= 15 is 0 Å². The van der Waals surface area contributed by atoms with E-state index in [0.29, 0.717) is 0 Å². The van der Waals surface area contributed by atoms with Crippen molar-refractivity contribution in [2.75, 3.05) is 0 Å². The maximum absolute atomic E-state index is 11.5. The summed E-state index contributed by atoms with van der Waals surface area (Å²) in [6.45, 7) is 0. The molecule has 0 amide bonds. The smallest absolute Gasteiger partial charge is 0.432 e. The molecule has 0 spiro atoms. The van der Waals surface area contributed by atoms with Crippen LogP contribution in [0.1, 0.15) is 0 Å². The Morgan fingerprint density at radius 1 is 1.17 bits per heavy atom. The SMILES string of the molecule is FC(F)(F)Oc1cc[c-]cc1.[U]. The Hall–Kier alpha value is -0.138. The number of benzene rings is 1. The van der Waals surface area contributed by atoms with Crippen molar-refractivity contribution >= 4 is 0 Å². The van der Waals surface area contributed by atoms with Gasteiger partial charge in [-0.15, -0.1) is 25.3 Å². The summed E-state index contributed by atoms with van der Waals surface area (Å²) < 4.78 is 38.1. The molecule has 1 rings (SSSR count). The van der Waals surface area contributed by atoms with Crippen LogP contribution >= 0.6 is 0 Å². The second-order valence-electron chi connectivity index (χ2n) is 1.78. The van der Waals surface area contributed by atoms with Gasteiger partial charge in [-0.05, 0) is 0 Å². The van der Waals surface area contributed by atoms with Gasteiger partial charge in [-0.3, -0.25) is 0 Å². The molecule has 0 fully saturated rings. The third kappa shape index (κ3) is 4.68. The molecule has 0 saturated heterocycles. The summed E-state index contributed by atoms with van der Waals surface area (Å²) in [5.74, 6) is -0.226. The zero-order chi connectivity index (χ0) is 8.32. The van der Waals surface area contributed by atoms with E-state index in [1.54, 1.807) is 0 Å². The summed E-state index contributed by atoms with van der Waals surface area (Å²) in [6, 6.07) is 7.64. The quantitative estimate of drug-likeness (QED) is 0.660. The van der Waals surface area contributed by atoms with Gasteiger partial charge < -0.3 is 4.74 Å². The number of rotatable bonds is 1. The molecule has 0 aromatic heterocycles. The van der Waals surface area contributed by atoms with Crippen molar-refractivity contribution in [1.82, 2.24) is 0 Å². The predicted octanol–water partition coefficient (Wildman–Crippen LogP) is 2.39. The molecule has 0 aliphatic rings. The van der Waals surface area contributed by atoms with Gasteiger partial charge in [-0.25, -0.2) is 0 Å². The first-order valence-corrected chi connectivity index (χ1v) is 2.80. The number of alkyl halides is 3.